The first kappa shape index (κ1) is 14.7. The van der Waals surface area contributed by atoms with Crippen molar-refractivity contribution in [3.8, 4) is 0 Å². The van der Waals surface area contributed by atoms with Crippen molar-refractivity contribution in [1.82, 2.24) is 4.98 Å². The van der Waals surface area contributed by atoms with Crippen LogP contribution in [0, 0.1) is 5.82 Å². The van der Waals surface area contributed by atoms with Gasteiger partial charge in [-0.1, -0.05) is 11.6 Å². The second kappa shape index (κ2) is 6.19. The smallest absolute Gasteiger partial charge is 0.258 e. The fraction of sp³-hybridized carbons (Fsp3) is 0.0769. The number of halogens is 3. The Morgan fingerprint density at radius 3 is 2.85 bits per heavy atom. The van der Waals surface area contributed by atoms with Crippen molar-refractivity contribution in [2.75, 3.05) is 17.7 Å². The van der Waals surface area contributed by atoms with Crippen molar-refractivity contribution in [2.45, 2.75) is 0 Å². The molecule has 1 amide bonds. The van der Waals surface area contributed by atoms with Gasteiger partial charge >= 0.3 is 0 Å². The van der Waals surface area contributed by atoms with Crippen LogP contribution in [0.5, 0.6) is 0 Å². The Morgan fingerprint density at radius 1 is 1.40 bits per heavy atom. The van der Waals surface area contributed by atoms with Gasteiger partial charge in [0, 0.05) is 22.7 Å². The van der Waals surface area contributed by atoms with Gasteiger partial charge in [0.05, 0.1) is 11.3 Å². The molecule has 0 aliphatic heterocycles. The van der Waals surface area contributed by atoms with Crippen molar-refractivity contribution in [2.24, 2.45) is 0 Å². The zero-order chi connectivity index (χ0) is 14.7. The summed E-state index contributed by atoms with van der Waals surface area (Å²) in [5.74, 6) is -1.27. The number of nitrogens with zero attached hydrogens (tertiary/aromatic N) is 1. The van der Waals surface area contributed by atoms with Crippen LogP contribution in [-0.4, -0.2) is 17.9 Å². The second-order valence-corrected chi connectivity index (χ2v) is 5.14. The third-order valence-corrected chi connectivity index (χ3v) is 3.47. The fourth-order valence-electron chi connectivity index (χ4n) is 1.58. The molecule has 1 heterocycles. The molecule has 0 spiro atoms. The molecule has 2 rings (SSSR count). The highest BCUT2D eigenvalue weighted by molar-refractivity contribution is 9.10. The van der Waals surface area contributed by atoms with Crippen LogP contribution in [0.25, 0.3) is 0 Å². The van der Waals surface area contributed by atoms with Gasteiger partial charge in [-0.25, -0.2) is 9.37 Å². The van der Waals surface area contributed by atoms with Crippen LogP contribution in [0.4, 0.5) is 15.9 Å². The molecule has 7 heteroatoms. The molecule has 0 saturated carbocycles. The van der Waals surface area contributed by atoms with E-state index in [2.05, 4.69) is 31.5 Å². The third kappa shape index (κ3) is 3.08. The van der Waals surface area contributed by atoms with Gasteiger partial charge in [0.2, 0.25) is 0 Å². The van der Waals surface area contributed by atoms with Crippen molar-refractivity contribution < 1.29 is 9.18 Å². The van der Waals surface area contributed by atoms with E-state index >= 15 is 0 Å². The normalized spacial score (nSPS) is 10.2. The van der Waals surface area contributed by atoms with Gasteiger partial charge in [-0.05, 0) is 40.2 Å². The topological polar surface area (TPSA) is 54.0 Å². The molecular formula is C13H10BrClFN3O. The van der Waals surface area contributed by atoms with Gasteiger partial charge in [0.25, 0.3) is 5.91 Å². The van der Waals surface area contributed by atoms with Gasteiger partial charge in [0.15, 0.2) is 11.6 Å². The van der Waals surface area contributed by atoms with E-state index in [9.17, 15) is 9.18 Å². The number of nitrogens with one attached hydrogen (secondary N) is 2. The first-order valence-corrected chi connectivity index (χ1v) is 6.78. The predicted molar refractivity (Wildman–Crippen MR) is 80.8 cm³/mol. The number of anilines is 2. The molecular weight excluding hydrogens is 349 g/mol. The first-order valence-electron chi connectivity index (χ1n) is 5.61. The summed E-state index contributed by atoms with van der Waals surface area (Å²) in [6, 6.07) is 6.25. The molecule has 0 aliphatic carbocycles. The van der Waals surface area contributed by atoms with E-state index in [1.54, 1.807) is 18.2 Å². The SMILES string of the molecule is CNc1nccc(C(=O)Nc2cc(Cl)ccc2Br)c1F. The molecule has 1 aromatic heterocycles. The van der Waals surface area contributed by atoms with Crippen molar-refractivity contribution in [1.29, 1.82) is 0 Å². The van der Waals surface area contributed by atoms with Crippen LogP contribution in [0.15, 0.2) is 34.9 Å². The van der Waals surface area contributed by atoms with Gasteiger partial charge in [-0.2, -0.15) is 0 Å². The van der Waals surface area contributed by atoms with Crippen molar-refractivity contribution >= 4 is 44.9 Å². The van der Waals surface area contributed by atoms with Crippen molar-refractivity contribution in [3.05, 3.63) is 51.3 Å². The van der Waals surface area contributed by atoms with E-state index < -0.39 is 11.7 Å². The summed E-state index contributed by atoms with van der Waals surface area (Å²) < 4.78 is 14.6. The summed E-state index contributed by atoms with van der Waals surface area (Å²) in [7, 11) is 1.53. The Labute approximate surface area is 128 Å². The molecule has 2 aromatic rings. The Bertz CT molecular complexity index is 666. The molecule has 0 atom stereocenters. The zero-order valence-electron chi connectivity index (χ0n) is 10.4. The summed E-state index contributed by atoms with van der Waals surface area (Å²) in [6.07, 6.45) is 1.36. The van der Waals surface area contributed by atoms with Gasteiger partial charge in [-0.3, -0.25) is 4.79 Å². The zero-order valence-corrected chi connectivity index (χ0v) is 12.7. The Morgan fingerprint density at radius 2 is 2.15 bits per heavy atom. The van der Waals surface area contributed by atoms with Crippen molar-refractivity contribution in [3.63, 3.8) is 0 Å². The molecule has 0 aliphatic rings. The van der Waals surface area contributed by atoms with Crippen LogP contribution in [0.2, 0.25) is 5.02 Å². The van der Waals surface area contributed by atoms with E-state index in [0.717, 1.165) is 0 Å². The Balaban J connectivity index is 2.31. The Hall–Kier alpha value is -1.66. The standard InChI is InChI=1S/C13H10BrClFN3O/c1-17-12-11(16)8(4-5-18-12)13(20)19-10-6-7(15)2-3-9(10)14/h2-6H,1H3,(H,17,18)(H,19,20). The van der Waals surface area contributed by atoms with E-state index in [1.807, 2.05) is 0 Å². The maximum absolute atomic E-state index is 14.0. The quantitative estimate of drug-likeness (QED) is 0.874. The van der Waals surface area contributed by atoms with Crippen LogP contribution in [0.1, 0.15) is 10.4 Å². The number of benzene rings is 1. The number of carbonyl (C=O) groups excluding carboxylic acids is 1. The number of rotatable bonds is 3. The lowest BCUT2D eigenvalue weighted by atomic mass is 10.2. The summed E-state index contributed by atoms with van der Waals surface area (Å²) >= 11 is 9.15. The lowest BCUT2D eigenvalue weighted by molar-refractivity contribution is 0.102. The summed E-state index contributed by atoms with van der Waals surface area (Å²) in [4.78, 5) is 15.9. The molecule has 0 saturated heterocycles. The number of amides is 1. The molecule has 0 radical (unpaired) electrons. The lowest BCUT2D eigenvalue weighted by Crippen LogP contribution is -2.15. The summed E-state index contributed by atoms with van der Waals surface area (Å²) in [5, 5.41) is 5.64. The largest absolute Gasteiger partial charge is 0.371 e. The third-order valence-electron chi connectivity index (χ3n) is 2.55. The minimum Gasteiger partial charge on any atom is -0.371 e. The van der Waals surface area contributed by atoms with Gasteiger partial charge in [-0.15, -0.1) is 0 Å². The second-order valence-electron chi connectivity index (χ2n) is 3.85. The molecule has 1 aromatic carbocycles. The molecule has 20 heavy (non-hydrogen) atoms. The number of carbonyl (C=O) groups is 1. The highest BCUT2D eigenvalue weighted by Crippen LogP contribution is 2.26. The number of hydrogen-bond donors (Lipinski definition) is 2. The molecule has 0 unspecified atom stereocenters. The molecule has 104 valence electrons. The van der Waals surface area contributed by atoms with Crippen LogP contribution < -0.4 is 10.6 Å². The number of hydrogen-bond acceptors (Lipinski definition) is 3. The monoisotopic (exact) mass is 357 g/mol. The highest BCUT2D eigenvalue weighted by Gasteiger charge is 2.16. The summed E-state index contributed by atoms with van der Waals surface area (Å²) in [6.45, 7) is 0. The Kier molecular flexibility index (Phi) is 4.57. The van der Waals surface area contributed by atoms with Crippen LogP contribution >= 0.6 is 27.5 Å². The van der Waals surface area contributed by atoms with E-state index in [-0.39, 0.29) is 11.4 Å². The number of aromatic nitrogens is 1. The predicted octanol–water partition coefficient (Wildman–Crippen LogP) is 3.93. The highest BCUT2D eigenvalue weighted by atomic mass is 79.9. The van der Waals surface area contributed by atoms with E-state index in [4.69, 9.17) is 11.6 Å². The molecule has 0 fully saturated rings. The summed E-state index contributed by atoms with van der Waals surface area (Å²) in [5.41, 5.74) is 0.362. The molecule has 2 N–H and O–H groups in total. The number of pyridine rings is 1. The minimum absolute atomic E-state index is 0.0165. The maximum Gasteiger partial charge on any atom is 0.258 e. The van der Waals surface area contributed by atoms with E-state index in [1.165, 1.54) is 19.3 Å². The van der Waals surface area contributed by atoms with E-state index in [0.29, 0.717) is 15.2 Å². The molecule has 0 bridgehead atoms. The lowest BCUT2D eigenvalue weighted by Gasteiger charge is -2.10. The average Bonchev–Trinajstić information content (AvgIpc) is 2.43. The minimum atomic E-state index is -0.703. The van der Waals surface area contributed by atoms with Crippen LogP contribution in [0.3, 0.4) is 0 Å². The fourth-order valence-corrected chi connectivity index (χ4v) is 2.09. The molecule has 4 nitrogen and oxygen atoms in total. The average molecular weight is 359 g/mol. The van der Waals surface area contributed by atoms with Crippen LogP contribution in [-0.2, 0) is 0 Å². The first-order chi connectivity index (χ1) is 9.52. The van der Waals surface area contributed by atoms with Gasteiger partial charge in [0.1, 0.15) is 0 Å². The van der Waals surface area contributed by atoms with Gasteiger partial charge < -0.3 is 10.6 Å². The maximum atomic E-state index is 14.0.